The fourth-order valence-electron chi connectivity index (χ4n) is 3.24. The molecule has 138 valence electrons. The van der Waals surface area contributed by atoms with Gasteiger partial charge in [-0.1, -0.05) is 42.5 Å². The Labute approximate surface area is 163 Å². The first-order valence-electron chi connectivity index (χ1n) is 9.00. The third-order valence-corrected chi connectivity index (χ3v) is 5.71. The summed E-state index contributed by atoms with van der Waals surface area (Å²) >= 11 is 1.42. The Bertz CT molecular complexity index is 887. The molecule has 2 aliphatic heterocycles. The van der Waals surface area contributed by atoms with Crippen LogP contribution in [-0.4, -0.2) is 52.2 Å². The highest BCUT2D eigenvalue weighted by Crippen LogP contribution is 2.31. The standard InChI is InChI=1S/C21H21N3O2S/c25-18-8-4-7-17(13-18)14-19-20(26)22-21(27-19)24-11-9-23(10-12-24)15-16-5-2-1-3-6-16/h1-8,13-14,25H,9-12,15H2/b19-14-. The molecule has 2 aliphatic rings. The van der Waals surface area contributed by atoms with Crippen molar-refractivity contribution < 1.29 is 9.90 Å². The van der Waals surface area contributed by atoms with Crippen LogP contribution in [0.4, 0.5) is 0 Å². The number of rotatable bonds is 3. The Morgan fingerprint density at radius 1 is 1.04 bits per heavy atom. The van der Waals surface area contributed by atoms with Crippen molar-refractivity contribution in [3.05, 3.63) is 70.6 Å². The van der Waals surface area contributed by atoms with Gasteiger partial charge in [-0.05, 0) is 41.1 Å². The zero-order valence-electron chi connectivity index (χ0n) is 14.9. The van der Waals surface area contributed by atoms with E-state index >= 15 is 0 Å². The zero-order chi connectivity index (χ0) is 18.6. The highest BCUT2D eigenvalue weighted by atomic mass is 32.2. The van der Waals surface area contributed by atoms with Crippen molar-refractivity contribution in [3.63, 3.8) is 0 Å². The molecule has 0 bridgehead atoms. The summed E-state index contributed by atoms with van der Waals surface area (Å²) in [5.74, 6) is -0.0134. The highest BCUT2D eigenvalue weighted by Gasteiger charge is 2.28. The summed E-state index contributed by atoms with van der Waals surface area (Å²) in [5.41, 5.74) is 2.13. The lowest BCUT2D eigenvalue weighted by Crippen LogP contribution is -2.47. The van der Waals surface area contributed by atoms with E-state index in [0.717, 1.165) is 43.5 Å². The summed E-state index contributed by atoms with van der Waals surface area (Å²) in [5, 5.41) is 10.4. The first-order valence-corrected chi connectivity index (χ1v) is 9.82. The number of aliphatic imine (C=N–C) groups is 1. The summed E-state index contributed by atoms with van der Waals surface area (Å²) < 4.78 is 0. The summed E-state index contributed by atoms with van der Waals surface area (Å²) in [4.78, 5) is 21.7. The van der Waals surface area contributed by atoms with Gasteiger partial charge in [0.25, 0.3) is 5.91 Å². The van der Waals surface area contributed by atoms with Crippen molar-refractivity contribution >= 4 is 28.9 Å². The smallest absolute Gasteiger partial charge is 0.286 e. The molecule has 0 aromatic heterocycles. The largest absolute Gasteiger partial charge is 0.508 e. The van der Waals surface area contributed by atoms with E-state index in [1.807, 2.05) is 12.1 Å². The molecule has 0 saturated carbocycles. The van der Waals surface area contributed by atoms with E-state index in [0.29, 0.717) is 4.91 Å². The number of phenols is 1. The van der Waals surface area contributed by atoms with Gasteiger partial charge in [0.2, 0.25) is 0 Å². The molecule has 0 unspecified atom stereocenters. The molecule has 0 atom stereocenters. The molecule has 1 amide bonds. The van der Waals surface area contributed by atoms with E-state index in [9.17, 15) is 9.90 Å². The van der Waals surface area contributed by atoms with Gasteiger partial charge in [-0.3, -0.25) is 9.69 Å². The van der Waals surface area contributed by atoms with Crippen LogP contribution in [0.2, 0.25) is 0 Å². The zero-order valence-corrected chi connectivity index (χ0v) is 15.7. The first kappa shape index (κ1) is 17.8. The number of hydrogen-bond acceptors (Lipinski definition) is 5. The quantitative estimate of drug-likeness (QED) is 0.830. The third kappa shape index (κ3) is 4.40. The number of amidine groups is 1. The van der Waals surface area contributed by atoms with Crippen molar-refractivity contribution in [2.24, 2.45) is 4.99 Å². The summed E-state index contributed by atoms with van der Waals surface area (Å²) in [6.07, 6.45) is 1.79. The number of hydrogen-bond donors (Lipinski definition) is 1. The predicted molar refractivity (Wildman–Crippen MR) is 109 cm³/mol. The van der Waals surface area contributed by atoms with Gasteiger partial charge in [0.1, 0.15) is 5.75 Å². The van der Waals surface area contributed by atoms with Crippen LogP contribution in [0.15, 0.2) is 64.5 Å². The van der Waals surface area contributed by atoms with Gasteiger partial charge in [0, 0.05) is 32.7 Å². The van der Waals surface area contributed by atoms with Gasteiger partial charge < -0.3 is 10.0 Å². The lowest BCUT2D eigenvalue weighted by molar-refractivity contribution is -0.113. The molecule has 4 rings (SSSR count). The van der Waals surface area contributed by atoms with Crippen LogP contribution in [0.1, 0.15) is 11.1 Å². The molecule has 6 heteroatoms. The normalized spacial score (nSPS) is 19.6. The minimum Gasteiger partial charge on any atom is -0.508 e. The molecule has 27 heavy (non-hydrogen) atoms. The van der Waals surface area contributed by atoms with Gasteiger partial charge in [-0.25, -0.2) is 0 Å². The van der Waals surface area contributed by atoms with Crippen LogP contribution in [-0.2, 0) is 11.3 Å². The number of amides is 1. The number of carbonyl (C=O) groups is 1. The molecule has 2 heterocycles. The number of phenolic OH excluding ortho intramolecular Hbond substituents is 1. The summed E-state index contributed by atoms with van der Waals surface area (Å²) in [6.45, 7) is 4.59. The second-order valence-corrected chi connectivity index (χ2v) is 7.66. The van der Waals surface area contributed by atoms with Crippen LogP contribution in [0.3, 0.4) is 0 Å². The van der Waals surface area contributed by atoms with Crippen molar-refractivity contribution in [1.82, 2.24) is 9.80 Å². The molecule has 1 saturated heterocycles. The average Bonchev–Trinajstić information content (AvgIpc) is 3.04. The second kappa shape index (κ2) is 7.98. The topological polar surface area (TPSA) is 56.1 Å². The van der Waals surface area contributed by atoms with Crippen LogP contribution in [0.25, 0.3) is 6.08 Å². The van der Waals surface area contributed by atoms with E-state index < -0.39 is 0 Å². The Balaban J connectivity index is 1.35. The van der Waals surface area contributed by atoms with E-state index in [-0.39, 0.29) is 11.7 Å². The van der Waals surface area contributed by atoms with Crippen LogP contribution in [0, 0.1) is 0 Å². The van der Waals surface area contributed by atoms with Crippen LogP contribution in [0.5, 0.6) is 5.75 Å². The maximum atomic E-state index is 12.2. The van der Waals surface area contributed by atoms with E-state index in [1.54, 1.807) is 24.3 Å². The van der Waals surface area contributed by atoms with Crippen LogP contribution >= 0.6 is 11.8 Å². The van der Waals surface area contributed by atoms with Gasteiger partial charge >= 0.3 is 0 Å². The molecular formula is C21H21N3O2S. The molecule has 1 fully saturated rings. The van der Waals surface area contributed by atoms with Gasteiger partial charge in [-0.15, -0.1) is 0 Å². The molecule has 0 radical (unpaired) electrons. The molecule has 0 aliphatic carbocycles. The lowest BCUT2D eigenvalue weighted by atomic mass is 10.2. The number of benzene rings is 2. The van der Waals surface area contributed by atoms with Crippen molar-refractivity contribution in [1.29, 1.82) is 0 Å². The van der Waals surface area contributed by atoms with Crippen LogP contribution < -0.4 is 0 Å². The second-order valence-electron chi connectivity index (χ2n) is 6.65. The number of piperazine rings is 1. The molecule has 0 spiro atoms. The highest BCUT2D eigenvalue weighted by molar-refractivity contribution is 8.18. The minimum atomic E-state index is -0.204. The van der Waals surface area contributed by atoms with Gasteiger partial charge in [0.15, 0.2) is 5.17 Å². The van der Waals surface area contributed by atoms with E-state index in [2.05, 4.69) is 39.1 Å². The fourth-order valence-corrected chi connectivity index (χ4v) is 4.20. The molecule has 2 aromatic carbocycles. The van der Waals surface area contributed by atoms with Gasteiger partial charge in [0.05, 0.1) is 4.91 Å². The maximum absolute atomic E-state index is 12.2. The maximum Gasteiger partial charge on any atom is 0.286 e. The molecule has 1 N–H and O–H groups in total. The summed E-state index contributed by atoms with van der Waals surface area (Å²) in [7, 11) is 0. The number of thioether (sulfide) groups is 1. The SMILES string of the molecule is O=C1N=C(N2CCN(Cc3ccccc3)CC2)S/C1=C\c1cccc(O)c1. The Kier molecular flexibility index (Phi) is 5.27. The Morgan fingerprint density at radius 2 is 1.81 bits per heavy atom. The summed E-state index contributed by atoms with van der Waals surface area (Å²) in [6, 6.07) is 17.4. The van der Waals surface area contributed by atoms with Crippen molar-refractivity contribution in [3.8, 4) is 5.75 Å². The van der Waals surface area contributed by atoms with Crippen molar-refractivity contribution in [2.75, 3.05) is 26.2 Å². The first-order chi connectivity index (χ1) is 13.2. The number of carbonyl (C=O) groups excluding carboxylic acids is 1. The molecule has 5 nitrogen and oxygen atoms in total. The third-order valence-electron chi connectivity index (χ3n) is 4.67. The van der Waals surface area contributed by atoms with Crippen molar-refractivity contribution in [2.45, 2.75) is 6.54 Å². The molecular weight excluding hydrogens is 358 g/mol. The Morgan fingerprint density at radius 3 is 2.56 bits per heavy atom. The van der Waals surface area contributed by atoms with E-state index in [4.69, 9.17) is 0 Å². The monoisotopic (exact) mass is 379 g/mol. The predicted octanol–water partition coefficient (Wildman–Crippen LogP) is 3.18. The number of nitrogens with zero attached hydrogens (tertiary/aromatic N) is 3. The van der Waals surface area contributed by atoms with Gasteiger partial charge in [-0.2, -0.15) is 4.99 Å². The Hall–Kier alpha value is -2.57. The fraction of sp³-hybridized carbons (Fsp3) is 0.238. The number of aromatic hydroxyl groups is 1. The lowest BCUT2D eigenvalue weighted by Gasteiger charge is -2.35. The average molecular weight is 379 g/mol. The molecule has 2 aromatic rings. The minimum absolute atomic E-state index is 0.190. The van der Waals surface area contributed by atoms with E-state index in [1.165, 1.54) is 17.3 Å².